The van der Waals surface area contributed by atoms with Crippen molar-refractivity contribution in [2.24, 2.45) is 0 Å². The standard InChI is InChI=1S/C20H19ClO4/c1-12(2)15-6-3-13(4-7-15)5-8-18(22)16-9-14(11-19(23)24)10-17(21)20(16)25/h3-10,12,25H,11H2,1-2H3,(H,23,24). The average Bonchev–Trinajstić information content (AvgIpc) is 2.55. The Hall–Kier alpha value is -2.59. The fourth-order valence-electron chi connectivity index (χ4n) is 2.37. The summed E-state index contributed by atoms with van der Waals surface area (Å²) in [6, 6.07) is 10.5. The molecule has 0 heterocycles. The van der Waals surface area contributed by atoms with Crippen LogP contribution < -0.4 is 0 Å². The third-order valence-corrected chi connectivity index (χ3v) is 4.06. The summed E-state index contributed by atoms with van der Waals surface area (Å²) in [7, 11) is 0. The number of phenols is 1. The Morgan fingerprint density at radius 3 is 2.36 bits per heavy atom. The van der Waals surface area contributed by atoms with Crippen molar-refractivity contribution in [2.45, 2.75) is 26.2 Å². The zero-order valence-electron chi connectivity index (χ0n) is 14.0. The number of hydrogen-bond acceptors (Lipinski definition) is 3. The lowest BCUT2D eigenvalue weighted by molar-refractivity contribution is -0.136. The Morgan fingerprint density at radius 1 is 1.16 bits per heavy atom. The van der Waals surface area contributed by atoms with Crippen LogP contribution in [0.4, 0.5) is 0 Å². The van der Waals surface area contributed by atoms with Crippen molar-refractivity contribution in [3.05, 3.63) is 69.8 Å². The fourth-order valence-corrected chi connectivity index (χ4v) is 2.62. The molecule has 0 bridgehead atoms. The van der Waals surface area contributed by atoms with E-state index in [0.717, 1.165) is 5.56 Å². The molecule has 0 amide bonds. The minimum Gasteiger partial charge on any atom is -0.506 e. The molecule has 130 valence electrons. The first-order valence-corrected chi connectivity index (χ1v) is 8.21. The molecule has 0 atom stereocenters. The molecule has 0 aliphatic rings. The third kappa shape index (κ3) is 4.94. The smallest absolute Gasteiger partial charge is 0.307 e. The molecule has 0 aliphatic heterocycles. The summed E-state index contributed by atoms with van der Waals surface area (Å²) in [6.45, 7) is 4.20. The number of allylic oxidation sites excluding steroid dienone is 1. The number of aliphatic carboxylic acids is 1. The van der Waals surface area contributed by atoms with Gasteiger partial charge in [-0.1, -0.05) is 55.8 Å². The van der Waals surface area contributed by atoms with Crippen LogP contribution in [0.15, 0.2) is 42.5 Å². The Bertz CT molecular complexity index is 820. The van der Waals surface area contributed by atoms with Crippen molar-refractivity contribution in [1.82, 2.24) is 0 Å². The third-order valence-electron chi connectivity index (χ3n) is 3.77. The SMILES string of the molecule is CC(C)c1ccc(C=CC(=O)c2cc(CC(=O)O)cc(Cl)c2O)cc1. The number of carboxylic acid groups (broad SMARTS) is 1. The highest BCUT2D eigenvalue weighted by Gasteiger charge is 2.15. The lowest BCUT2D eigenvalue weighted by atomic mass is 10.0. The summed E-state index contributed by atoms with van der Waals surface area (Å²) in [6.07, 6.45) is 2.70. The maximum absolute atomic E-state index is 12.4. The maximum Gasteiger partial charge on any atom is 0.307 e. The molecule has 0 spiro atoms. The van der Waals surface area contributed by atoms with E-state index in [2.05, 4.69) is 13.8 Å². The normalized spacial score (nSPS) is 11.2. The monoisotopic (exact) mass is 358 g/mol. The quantitative estimate of drug-likeness (QED) is 0.580. The van der Waals surface area contributed by atoms with Gasteiger partial charge in [0, 0.05) is 0 Å². The molecule has 2 rings (SSSR count). The molecule has 0 aliphatic carbocycles. The second-order valence-corrected chi connectivity index (χ2v) is 6.47. The summed E-state index contributed by atoms with van der Waals surface area (Å²) in [4.78, 5) is 23.2. The highest BCUT2D eigenvalue weighted by molar-refractivity contribution is 6.33. The fraction of sp³-hybridized carbons (Fsp3) is 0.200. The molecule has 0 saturated carbocycles. The van der Waals surface area contributed by atoms with Crippen LogP contribution >= 0.6 is 11.6 Å². The van der Waals surface area contributed by atoms with E-state index in [9.17, 15) is 14.7 Å². The molecule has 0 aromatic heterocycles. The zero-order chi connectivity index (χ0) is 18.6. The van der Waals surface area contributed by atoms with Crippen molar-refractivity contribution in [1.29, 1.82) is 0 Å². The van der Waals surface area contributed by atoms with E-state index in [0.29, 0.717) is 11.5 Å². The maximum atomic E-state index is 12.4. The molecular weight excluding hydrogens is 340 g/mol. The van der Waals surface area contributed by atoms with Crippen LogP contribution in [0.25, 0.3) is 6.08 Å². The molecule has 4 nitrogen and oxygen atoms in total. The first-order valence-electron chi connectivity index (χ1n) is 7.83. The van der Waals surface area contributed by atoms with Gasteiger partial charge in [0.25, 0.3) is 0 Å². The van der Waals surface area contributed by atoms with Crippen LogP contribution in [0, 0.1) is 0 Å². The van der Waals surface area contributed by atoms with Crippen LogP contribution in [0.3, 0.4) is 0 Å². The summed E-state index contributed by atoms with van der Waals surface area (Å²) < 4.78 is 0. The van der Waals surface area contributed by atoms with E-state index in [1.807, 2.05) is 24.3 Å². The van der Waals surface area contributed by atoms with Gasteiger partial charge in [0.15, 0.2) is 5.78 Å². The number of carbonyl (C=O) groups is 2. The number of benzene rings is 2. The number of carboxylic acids is 1. The minimum atomic E-state index is -1.04. The molecule has 2 N–H and O–H groups in total. The zero-order valence-corrected chi connectivity index (χ0v) is 14.7. The summed E-state index contributed by atoms with van der Waals surface area (Å²) in [5.41, 5.74) is 2.39. The van der Waals surface area contributed by atoms with Gasteiger partial charge in [-0.05, 0) is 40.8 Å². The first-order chi connectivity index (χ1) is 11.8. The molecule has 2 aromatic rings. The van der Waals surface area contributed by atoms with Gasteiger partial charge >= 0.3 is 5.97 Å². The van der Waals surface area contributed by atoms with Crippen molar-refractivity contribution in [3.63, 3.8) is 0 Å². The van der Waals surface area contributed by atoms with Crippen LogP contribution in [0.5, 0.6) is 5.75 Å². The molecule has 2 aromatic carbocycles. The van der Waals surface area contributed by atoms with E-state index in [-0.39, 0.29) is 22.8 Å². The van der Waals surface area contributed by atoms with Gasteiger partial charge in [0.2, 0.25) is 0 Å². The predicted octanol–water partition coefficient (Wildman–Crippen LogP) is 4.69. The second kappa shape index (κ2) is 7.99. The highest BCUT2D eigenvalue weighted by atomic mass is 35.5. The van der Waals surface area contributed by atoms with E-state index in [1.165, 1.54) is 23.8 Å². The molecule has 5 heteroatoms. The van der Waals surface area contributed by atoms with Crippen molar-refractivity contribution < 1.29 is 19.8 Å². The van der Waals surface area contributed by atoms with E-state index in [4.69, 9.17) is 16.7 Å². The Balaban J connectivity index is 2.24. The van der Waals surface area contributed by atoms with Gasteiger partial charge in [-0.15, -0.1) is 0 Å². The molecular formula is C20H19ClO4. The summed E-state index contributed by atoms with van der Waals surface area (Å²) in [5, 5.41) is 18.8. The van der Waals surface area contributed by atoms with Crippen LogP contribution in [0.2, 0.25) is 5.02 Å². The predicted molar refractivity (Wildman–Crippen MR) is 98.4 cm³/mol. The van der Waals surface area contributed by atoms with Gasteiger partial charge < -0.3 is 10.2 Å². The van der Waals surface area contributed by atoms with E-state index in [1.54, 1.807) is 6.08 Å². The molecule has 0 radical (unpaired) electrons. The van der Waals surface area contributed by atoms with Crippen molar-refractivity contribution in [3.8, 4) is 5.75 Å². The Kier molecular flexibility index (Phi) is 5.99. The first kappa shape index (κ1) is 18.7. The van der Waals surface area contributed by atoms with Crippen molar-refractivity contribution in [2.75, 3.05) is 0 Å². The molecule has 0 saturated heterocycles. The number of hydrogen-bond donors (Lipinski definition) is 2. The summed E-state index contributed by atoms with van der Waals surface area (Å²) in [5.74, 6) is -1.41. The lowest BCUT2D eigenvalue weighted by Gasteiger charge is -2.07. The highest BCUT2D eigenvalue weighted by Crippen LogP contribution is 2.30. The van der Waals surface area contributed by atoms with Gasteiger partial charge in [0.1, 0.15) is 5.75 Å². The summed E-state index contributed by atoms with van der Waals surface area (Å²) >= 11 is 5.89. The number of halogens is 1. The topological polar surface area (TPSA) is 74.6 Å². The Morgan fingerprint density at radius 2 is 1.80 bits per heavy atom. The van der Waals surface area contributed by atoms with Gasteiger partial charge in [0.05, 0.1) is 17.0 Å². The Labute approximate surface area is 151 Å². The van der Waals surface area contributed by atoms with Gasteiger partial charge in [-0.3, -0.25) is 9.59 Å². The number of rotatable bonds is 6. The van der Waals surface area contributed by atoms with Crippen LogP contribution in [0.1, 0.15) is 46.8 Å². The van der Waals surface area contributed by atoms with Crippen LogP contribution in [-0.4, -0.2) is 22.0 Å². The second-order valence-electron chi connectivity index (χ2n) is 6.06. The number of aromatic hydroxyl groups is 1. The van der Waals surface area contributed by atoms with E-state index >= 15 is 0 Å². The molecule has 25 heavy (non-hydrogen) atoms. The minimum absolute atomic E-state index is 0.0150. The lowest BCUT2D eigenvalue weighted by Crippen LogP contribution is -2.03. The number of phenolic OH excluding ortho intramolecular Hbond substituents is 1. The van der Waals surface area contributed by atoms with Crippen molar-refractivity contribution >= 4 is 29.4 Å². The van der Waals surface area contributed by atoms with E-state index < -0.39 is 11.8 Å². The van der Waals surface area contributed by atoms with Gasteiger partial charge in [-0.2, -0.15) is 0 Å². The molecule has 0 fully saturated rings. The van der Waals surface area contributed by atoms with Gasteiger partial charge in [-0.25, -0.2) is 0 Å². The average molecular weight is 359 g/mol. The number of carbonyl (C=O) groups excluding carboxylic acids is 1. The van der Waals surface area contributed by atoms with Crippen LogP contribution in [-0.2, 0) is 11.2 Å². The molecule has 0 unspecified atom stereocenters. The number of ketones is 1. The largest absolute Gasteiger partial charge is 0.506 e.